The summed E-state index contributed by atoms with van der Waals surface area (Å²) in [6, 6.07) is 2.82. The second-order valence-electron chi connectivity index (χ2n) is 11.0. The molecule has 3 saturated carbocycles. The fraction of sp³-hybridized carbons (Fsp3) is 0.963. The van der Waals surface area contributed by atoms with Gasteiger partial charge in [-0.05, 0) is 87.4 Å². The lowest BCUT2D eigenvalue weighted by Crippen LogP contribution is -2.38. The van der Waals surface area contributed by atoms with Gasteiger partial charge in [-0.15, -0.1) is 0 Å². The van der Waals surface area contributed by atoms with E-state index in [0.717, 1.165) is 29.6 Å². The molecule has 0 radical (unpaired) electrons. The lowest BCUT2D eigenvalue weighted by Gasteiger charge is -2.47. The third-order valence-electron chi connectivity index (χ3n) is 9.10. The highest BCUT2D eigenvalue weighted by Crippen LogP contribution is 2.53. The third kappa shape index (κ3) is 5.77. The Labute approximate surface area is 176 Å². The minimum Gasteiger partial charge on any atom is -0.198 e. The van der Waals surface area contributed by atoms with Gasteiger partial charge in [0.15, 0.2) is 0 Å². The maximum Gasteiger partial charge on any atom is 0.0689 e. The Morgan fingerprint density at radius 1 is 0.750 bits per heavy atom. The van der Waals surface area contributed by atoms with Gasteiger partial charge in [-0.1, -0.05) is 71.6 Å². The zero-order valence-electron chi connectivity index (χ0n) is 19.1. The average molecular weight is 386 g/mol. The number of unbranched alkanes of at least 4 members (excludes halogenated alkanes) is 4. The van der Waals surface area contributed by atoms with E-state index in [0.29, 0.717) is 0 Å². The predicted molar refractivity (Wildman–Crippen MR) is 120 cm³/mol. The molecule has 0 aliphatic heterocycles. The van der Waals surface area contributed by atoms with Crippen molar-refractivity contribution in [3.8, 4) is 6.07 Å². The summed E-state index contributed by atoms with van der Waals surface area (Å²) in [6.07, 6.45) is 25.0. The summed E-state index contributed by atoms with van der Waals surface area (Å²) in [5, 5.41) is 9.98. The van der Waals surface area contributed by atoms with Crippen LogP contribution in [-0.4, -0.2) is 0 Å². The molecule has 3 aliphatic rings. The average Bonchev–Trinajstić information content (AvgIpc) is 2.75. The largest absolute Gasteiger partial charge is 0.198 e. The molecule has 0 aromatic carbocycles. The number of nitrogens with zero attached hydrogens (tertiary/aromatic N) is 1. The van der Waals surface area contributed by atoms with Crippen LogP contribution >= 0.6 is 0 Å². The SMILES string of the molecule is CCCCCC[C@]1(C#N)CC[C@@H]2C[C@@H](C3CCC(CCCC)CC3)CC[C@@H]2C1. The Morgan fingerprint density at radius 3 is 2.14 bits per heavy atom. The van der Waals surface area contributed by atoms with Crippen molar-refractivity contribution in [3.63, 3.8) is 0 Å². The fourth-order valence-corrected chi connectivity index (χ4v) is 7.19. The monoisotopic (exact) mass is 385 g/mol. The summed E-state index contributed by atoms with van der Waals surface area (Å²) in [5.41, 5.74) is 0.0408. The van der Waals surface area contributed by atoms with Crippen molar-refractivity contribution >= 4 is 0 Å². The molecule has 0 amide bonds. The van der Waals surface area contributed by atoms with Crippen LogP contribution in [0.1, 0.15) is 129 Å². The van der Waals surface area contributed by atoms with E-state index in [4.69, 9.17) is 0 Å². The molecule has 28 heavy (non-hydrogen) atoms. The number of hydrogen-bond donors (Lipinski definition) is 0. The zero-order valence-corrected chi connectivity index (χ0v) is 19.1. The highest BCUT2D eigenvalue weighted by atomic mass is 14.5. The van der Waals surface area contributed by atoms with Gasteiger partial charge in [-0.3, -0.25) is 0 Å². The Bertz CT molecular complexity index is 483. The van der Waals surface area contributed by atoms with Crippen LogP contribution in [0, 0.1) is 46.3 Å². The Morgan fingerprint density at radius 2 is 1.43 bits per heavy atom. The molecular formula is C27H47N. The highest BCUT2D eigenvalue weighted by molar-refractivity contribution is 5.04. The molecule has 0 spiro atoms. The number of rotatable bonds is 9. The molecule has 0 heterocycles. The zero-order chi connectivity index (χ0) is 19.8. The minimum absolute atomic E-state index is 0.0408. The first-order valence-corrected chi connectivity index (χ1v) is 13.1. The fourth-order valence-electron chi connectivity index (χ4n) is 7.19. The number of hydrogen-bond acceptors (Lipinski definition) is 1. The molecule has 160 valence electrons. The summed E-state index contributed by atoms with van der Waals surface area (Å²) >= 11 is 0. The first kappa shape index (κ1) is 22.2. The van der Waals surface area contributed by atoms with E-state index in [1.54, 1.807) is 0 Å². The first-order valence-electron chi connectivity index (χ1n) is 13.1. The van der Waals surface area contributed by atoms with Gasteiger partial charge in [-0.2, -0.15) is 5.26 Å². The Balaban J connectivity index is 1.44. The predicted octanol–water partition coefficient (Wildman–Crippen LogP) is 8.68. The standard InChI is InChI=1S/C27H47N/c1-3-5-7-8-17-27(21-28)18-16-25-19-24(14-15-26(25)20-27)23-12-10-22(11-13-23)9-6-4-2/h22-26H,3-20H2,1-2H3/t22?,23?,24-,25+,26+,27-/m0/s1. The van der Waals surface area contributed by atoms with Crippen LogP contribution in [0.2, 0.25) is 0 Å². The molecule has 4 atom stereocenters. The van der Waals surface area contributed by atoms with Crippen molar-refractivity contribution in [2.24, 2.45) is 35.0 Å². The lowest BCUT2D eigenvalue weighted by atomic mass is 9.57. The summed E-state index contributed by atoms with van der Waals surface area (Å²) in [4.78, 5) is 0. The van der Waals surface area contributed by atoms with Crippen molar-refractivity contribution in [2.45, 2.75) is 129 Å². The van der Waals surface area contributed by atoms with Gasteiger partial charge in [0.1, 0.15) is 0 Å². The van der Waals surface area contributed by atoms with E-state index < -0.39 is 0 Å². The van der Waals surface area contributed by atoms with Crippen LogP contribution in [-0.2, 0) is 0 Å². The Kier molecular flexibility index (Phi) is 8.74. The van der Waals surface area contributed by atoms with E-state index in [9.17, 15) is 5.26 Å². The van der Waals surface area contributed by atoms with Crippen molar-refractivity contribution in [1.82, 2.24) is 0 Å². The summed E-state index contributed by atoms with van der Waals surface area (Å²) < 4.78 is 0. The van der Waals surface area contributed by atoms with Gasteiger partial charge in [0, 0.05) is 0 Å². The van der Waals surface area contributed by atoms with Crippen molar-refractivity contribution in [2.75, 3.05) is 0 Å². The van der Waals surface area contributed by atoms with Gasteiger partial charge >= 0.3 is 0 Å². The van der Waals surface area contributed by atoms with Gasteiger partial charge in [-0.25, -0.2) is 0 Å². The van der Waals surface area contributed by atoms with Crippen molar-refractivity contribution < 1.29 is 0 Å². The molecule has 3 aliphatic carbocycles. The molecular weight excluding hydrogens is 338 g/mol. The molecule has 0 aromatic heterocycles. The van der Waals surface area contributed by atoms with E-state index in [1.807, 2.05) is 0 Å². The molecule has 3 rings (SSSR count). The first-order chi connectivity index (χ1) is 13.7. The topological polar surface area (TPSA) is 23.8 Å². The maximum atomic E-state index is 9.98. The van der Waals surface area contributed by atoms with Crippen molar-refractivity contribution in [3.05, 3.63) is 0 Å². The molecule has 0 saturated heterocycles. The van der Waals surface area contributed by atoms with Crippen LogP contribution in [0.3, 0.4) is 0 Å². The Hall–Kier alpha value is -0.510. The van der Waals surface area contributed by atoms with Gasteiger partial charge in [0.25, 0.3) is 0 Å². The second-order valence-corrected chi connectivity index (χ2v) is 11.0. The molecule has 1 heteroatoms. The molecule has 3 fully saturated rings. The normalized spacial score (nSPS) is 38.5. The third-order valence-corrected chi connectivity index (χ3v) is 9.10. The molecule has 0 bridgehead atoms. The van der Waals surface area contributed by atoms with Gasteiger partial charge in [0.05, 0.1) is 11.5 Å². The van der Waals surface area contributed by atoms with E-state index in [2.05, 4.69) is 19.9 Å². The van der Waals surface area contributed by atoms with Crippen LogP contribution in [0.4, 0.5) is 0 Å². The maximum absolute atomic E-state index is 9.98. The minimum atomic E-state index is 0.0408. The molecule has 0 aromatic rings. The smallest absolute Gasteiger partial charge is 0.0689 e. The number of nitriles is 1. The van der Waals surface area contributed by atoms with Crippen LogP contribution < -0.4 is 0 Å². The van der Waals surface area contributed by atoms with Gasteiger partial charge < -0.3 is 0 Å². The molecule has 0 unspecified atom stereocenters. The molecule has 0 N–H and O–H groups in total. The summed E-state index contributed by atoms with van der Waals surface area (Å²) in [6.45, 7) is 4.61. The van der Waals surface area contributed by atoms with Crippen LogP contribution in [0.5, 0.6) is 0 Å². The van der Waals surface area contributed by atoms with E-state index in [1.165, 1.54) is 116 Å². The van der Waals surface area contributed by atoms with E-state index in [-0.39, 0.29) is 5.41 Å². The van der Waals surface area contributed by atoms with Crippen molar-refractivity contribution in [1.29, 1.82) is 5.26 Å². The van der Waals surface area contributed by atoms with Crippen LogP contribution in [0.25, 0.3) is 0 Å². The van der Waals surface area contributed by atoms with Gasteiger partial charge in [0.2, 0.25) is 0 Å². The summed E-state index contributed by atoms with van der Waals surface area (Å²) in [5.74, 6) is 4.93. The molecule has 1 nitrogen and oxygen atoms in total. The summed E-state index contributed by atoms with van der Waals surface area (Å²) in [7, 11) is 0. The van der Waals surface area contributed by atoms with E-state index >= 15 is 0 Å². The van der Waals surface area contributed by atoms with Crippen LogP contribution in [0.15, 0.2) is 0 Å². The lowest BCUT2D eigenvalue weighted by molar-refractivity contribution is 0.0377. The second kappa shape index (κ2) is 11.0. The number of fused-ring (bicyclic) bond motifs is 1. The highest BCUT2D eigenvalue weighted by Gasteiger charge is 2.44. The quantitative estimate of drug-likeness (QED) is 0.364.